The van der Waals surface area contributed by atoms with Crippen molar-refractivity contribution in [2.45, 2.75) is 13.0 Å². The summed E-state index contributed by atoms with van der Waals surface area (Å²) in [5.41, 5.74) is 2.22. The van der Waals surface area contributed by atoms with E-state index in [1.54, 1.807) is 0 Å². The Kier molecular flexibility index (Phi) is 4.25. The van der Waals surface area contributed by atoms with Gasteiger partial charge in [-0.15, -0.1) is 0 Å². The number of hydrogen-bond donors (Lipinski definition) is 1. The molecule has 0 aliphatic heterocycles. The SMILES string of the molecule is C[C@@H](Nc1c([N+](=O)[O-])cnc2ccc(Br)cc12)c1ccccc1. The first-order chi connectivity index (χ1) is 11.1. The molecular weight excluding hydrogens is 358 g/mol. The quantitative estimate of drug-likeness (QED) is 0.512. The van der Waals surface area contributed by atoms with E-state index in [9.17, 15) is 10.1 Å². The first-order valence-corrected chi connectivity index (χ1v) is 7.89. The lowest BCUT2D eigenvalue weighted by Gasteiger charge is -2.17. The van der Waals surface area contributed by atoms with Crippen molar-refractivity contribution in [2.75, 3.05) is 5.32 Å². The van der Waals surface area contributed by atoms with Gasteiger partial charge in [0.05, 0.1) is 10.4 Å². The third kappa shape index (κ3) is 3.17. The molecule has 0 aliphatic carbocycles. The molecule has 1 aromatic heterocycles. The molecule has 0 spiro atoms. The number of halogens is 1. The molecule has 1 N–H and O–H groups in total. The second-order valence-corrected chi connectivity index (χ2v) is 6.13. The zero-order valence-electron chi connectivity index (χ0n) is 12.4. The normalized spacial score (nSPS) is 12.1. The fourth-order valence-electron chi connectivity index (χ4n) is 2.49. The largest absolute Gasteiger partial charge is 0.372 e. The smallest absolute Gasteiger partial charge is 0.311 e. The first kappa shape index (κ1) is 15.4. The average Bonchev–Trinajstić information content (AvgIpc) is 2.55. The molecule has 0 aliphatic rings. The minimum absolute atomic E-state index is 0.0293. The number of hydrogen-bond acceptors (Lipinski definition) is 4. The predicted octanol–water partition coefficient (Wildman–Crippen LogP) is 5.08. The highest BCUT2D eigenvalue weighted by Crippen LogP contribution is 2.35. The number of nitro groups is 1. The summed E-state index contributed by atoms with van der Waals surface area (Å²) in [4.78, 5) is 15.2. The summed E-state index contributed by atoms with van der Waals surface area (Å²) in [6.45, 7) is 1.98. The van der Waals surface area contributed by atoms with Crippen LogP contribution in [0.15, 0.2) is 59.2 Å². The molecule has 2 aromatic carbocycles. The molecule has 116 valence electrons. The summed E-state index contributed by atoms with van der Waals surface area (Å²) in [5, 5.41) is 15.4. The molecule has 3 aromatic rings. The average molecular weight is 372 g/mol. The van der Waals surface area contributed by atoms with Crippen molar-refractivity contribution < 1.29 is 4.92 Å². The molecule has 23 heavy (non-hydrogen) atoms. The number of nitrogens with one attached hydrogen (secondary N) is 1. The van der Waals surface area contributed by atoms with E-state index in [1.165, 1.54) is 6.20 Å². The van der Waals surface area contributed by atoms with E-state index >= 15 is 0 Å². The van der Waals surface area contributed by atoms with Crippen molar-refractivity contribution in [1.29, 1.82) is 0 Å². The lowest BCUT2D eigenvalue weighted by atomic mass is 10.1. The monoisotopic (exact) mass is 371 g/mol. The van der Waals surface area contributed by atoms with Crippen LogP contribution < -0.4 is 5.32 Å². The van der Waals surface area contributed by atoms with Crippen LogP contribution in [0.1, 0.15) is 18.5 Å². The third-order valence-corrected chi connectivity index (χ3v) is 4.16. The summed E-state index contributed by atoms with van der Waals surface area (Å²) >= 11 is 3.41. The molecule has 3 rings (SSSR count). The number of pyridine rings is 1. The molecule has 0 fully saturated rings. The van der Waals surface area contributed by atoms with Gasteiger partial charge in [0, 0.05) is 15.9 Å². The Balaban J connectivity index is 2.12. The molecule has 1 atom stereocenters. The van der Waals surface area contributed by atoms with Crippen LogP contribution in [-0.4, -0.2) is 9.91 Å². The van der Waals surface area contributed by atoms with E-state index in [1.807, 2.05) is 55.5 Å². The lowest BCUT2D eigenvalue weighted by molar-refractivity contribution is -0.384. The molecule has 0 unspecified atom stereocenters. The molecule has 1 heterocycles. The molecule has 0 radical (unpaired) electrons. The van der Waals surface area contributed by atoms with Crippen molar-refractivity contribution in [3.05, 3.63) is 74.9 Å². The van der Waals surface area contributed by atoms with Gasteiger partial charge >= 0.3 is 5.69 Å². The Morgan fingerprint density at radius 3 is 2.65 bits per heavy atom. The van der Waals surface area contributed by atoms with Gasteiger partial charge in [-0.25, -0.2) is 4.98 Å². The van der Waals surface area contributed by atoms with E-state index in [4.69, 9.17) is 0 Å². The maximum absolute atomic E-state index is 11.4. The van der Waals surface area contributed by atoms with Crippen molar-refractivity contribution in [3.63, 3.8) is 0 Å². The van der Waals surface area contributed by atoms with Crippen LogP contribution in [-0.2, 0) is 0 Å². The van der Waals surface area contributed by atoms with Crippen LogP contribution in [0.2, 0.25) is 0 Å². The first-order valence-electron chi connectivity index (χ1n) is 7.10. The number of fused-ring (bicyclic) bond motifs is 1. The second kappa shape index (κ2) is 6.34. The minimum Gasteiger partial charge on any atom is -0.372 e. The van der Waals surface area contributed by atoms with Gasteiger partial charge in [-0.3, -0.25) is 10.1 Å². The van der Waals surface area contributed by atoms with Crippen molar-refractivity contribution in [2.24, 2.45) is 0 Å². The number of anilines is 1. The van der Waals surface area contributed by atoms with Gasteiger partial charge < -0.3 is 5.32 Å². The molecule has 5 nitrogen and oxygen atoms in total. The van der Waals surface area contributed by atoms with Crippen LogP contribution in [0.3, 0.4) is 0 Å². The summed E-state index contributed by atoms with van der Waals surface area (Å²) < 4.78 is 0.850. The maximum atomic E-state index is 11.4. The molecule has 0 bridgehead atoms. The molecule has 0 saturated carbocycles. The molecule has 0 amide bonds. The topological polar surface area (TPSA) is 68.1 Å². The summed E-state index contributed by atoms with van der Waals surface area (Å²) in [7, 11) is 0. The Morgan fingerprint density at radius 1 is 1.22 bits per heavy atom. The van der Waals surface area contributed by atoms with Gasteiger partial charge in [0.2, 0.25) is 0 Å². The van der Waals surface area contributed by atoms with Crippen LogP contribution in [0.25, 0.3) is 10.9 Å². The van der Waals surface area contributed by atoms with Gasteiger partial charge in [0.15, 0.2) is 0 Å². The number of benzene rings is 2. The zero-order chi connectivity index (χ0) is 16.4. The van der Waals surface area contributed by atoms with Gasteiger partial charge in [-0.1, -0.05) is 46.3 Å². The van der Waals surface area contributed by atoms with E-state index in [0.29, 0.717) is 11.2 Å². The van der Waals surface area contributed by atoms with E-state index in [0.717, 1.165) is 15.4 Å². The predicted molar refractivity (Wildman–Crippen MR) is 94.6 cm³/mol. The highest BCUT2D eigenvalue weighted by molar-refractivity contribution is 9.10. The maximum Gasteiger partial charge on any atom is 0.311 e. The van der Waals surface area contributed by atoms with Crippen molar-refractivity contribution >= 4 is 38.2 Å². The van der Waals surface area contributed by atoms with Crippen molar-refractivity contribution in [1.82, 2.24) is 4.98 Å². The summed E-state index contributed by atoms with van der Waals surface area (Å²) in [6, 6.07) is 15.3. The van der Waals surface area contributed by atoms with E-state index < -0.39 is 4.92 Å². The van der Waals surface area contributed by atoms with Crippen LogP contribution in [0.4, 0.5) is 11.4 Å². The standard InChI is InChI=1S/C17H14BrN3O2/c1-11(12-5-3-2-4-6-12)20-17-14-9-13(18)7-8-15(14)19-10-16(17)21(22)23/h2-11H,1H3,(H,19,20)/t11-/m1/s1. The minimum atomic E-state index is -0.409. The number of nitrogens with zero attached hydrogens (tertiary/aromatic N) is 2. The summed E-state index contributed by atoms with van der Waals surface area (Å²) in [5.74, 6) is 0. The number of aromatic nitrogens is 1. The third-order valence-electron chi connectivity index (χ3n) is 3.67. The summed E-state index contributed by atoms with van der Waals surface area (Å²) in [6.07, 6.45) is 1.30. The Labute approximate surface area is 141 Å². The second-order valence-electron chi connectivity index (χ2n) is 5.21. The Hall–Kier alpha value is -2.47. The van der Waals surface area contributed by atoms with Crippen molar-refractivity contribution in [3.8, 4) is 0 Å². The van der Waals surface area contributed by atoms with Gasteiger partial charge in [0.25, 0.3) is 0 Å². The van der Waals surface area contributed by atoms with Gasteiger partial charge in [0.1, 0.15) is 11.9 Å². The van der Waals surface area contributed by atoms with Gasteiger partial charge in [-0.2, -0.15) is 0 Å². The fourth-order valence-corrected chi connectivity index (χ4v) is 2.85. The fraction of sp³-hybridized carbons (Fsp3) is 0.118. The molecular formula is C17H14BrN3O2. The van der Waals surface area contributed by atoms with Crippen LogP contribution in [0.5, 0.6) is 0 Å². The highest BCUT2D eigenvalue weighted by Gasteiger charge is 2.20. The van der Waals surface area contributed by atoms with E-state index in [2.05, 4.69) is 26.2 Å². The van der Waals surface area contributed by atoms with Gasteiger partial charge in [-0.05, 0) is 30.7 Å². The van der Waals surface area contributed by atoms with Crippen LogP contribution in [0, 0.1) is 10.1 Å². The molecule has 6 heteroatoms. The van der Waals surface area contributed by atoms with Crippen LogP contribution >= 0.6 is 15.9 Å². The zero-order valence-corrected chi connectivity index (χ0v) is 13.9. The Bertz CT molecular complexity index is 868. The lowest BCUT2D eigenvalue weighted by Crippen LogP contribution is -2.09. The molecule has 0 saturated heterocycles. The number of rotatable bonds is 4. The van der Waals surface area contributed by atoms with E-state index in [-0.39, 0.29) is 11.7 Å². The highest BCUT2D eigenvalue weighted by atomic mass is 79.9. The Morgan fingerprint density at radius 2 is 1.96 bits per heavy atom.